The van der Waals surface area contributed by atoms with Gasteiger partial charge in [0.15, 0.2) is 0 Å². The summed E-state index contributed by atoms with van der Waals surface area (Å²) in [6.45, 7) is 10.5. The normalized spacial score (nSPS) is 20.3. The Balaban J connectivity index is 2.34. The maximum atomic E-state index is 6.08. The van der Waals surface area contributed by atoms with E-state index in [0.717, 1.165) is 22.3 Å². The molecule has 0 aromatic heterocycles. The molecule has 0 saturated carbocycles. The number of nitrogens with two attached hydrogens (primary N) is 1. The summed E-state index contributed by atoms with van der Waals surface area (Å²) in [7, 11) is 1.24. The van der Waals surface area contributed by atoms with E-state index < -0.39 is 7.12 Å². The van der Waals surface area contributed by atoms with E-state index in [0.29, 0.717) is 6.54 Å². The SMILES string of the molecule is COc1cc(C)ccc1C=C(CN)B1OC(C)(C)C(C)(C)O1. The number of rotatable bonds is 4. The first-order chi connectivity index (χ1) is 10.2. The molecule has 1 aliphatic heterocycles. The number of aryl methyl sites for hydroxylation is 1. The molecule has 1 aromatic rings. The number of methoxy groups -OCH3 is 1. The van der Waals surface area contributed by atoms with E-state index in [2.05, 4.69) is 0 Å². The molecule has 1 aliphatic rings. The highest BCUT2D eigenvalue weighted by atomic mass is 16.7. The average Bonchev–Trinajstić information content (AvgIpc) is 2.65. The summed E-state index contributed by atoms with van der Waals surface area (Å²) in [5, 5.41) is 0. The molecule has 0 amide bonds. The molecule has 0 unspecified atom stereocenters. The monoisotopic (exact) mass is 303 g/mol. The van der Waals surface area contributed by atoms with E-state index in [4.69, 9.17) is 19.8 Å². The van der Waals surface area contributed by atoms with Crippen LogP contribution in [0, 0.1) is 6.92 Å². The van der Waals surface area contributed by atoms with E-state index in [1.807, 2.05) is 58.9 Å². The van der Waals surface area contributed by atoms with Gasteiger partial charge in [0.2, 0.25) is 0 Å². The number of hydrogen-bond acceptors (Lipinski definition) is 4. The Morgan fingerprint density at radius 3 is 2.32 bits per heavy atom. The van der Waals surface area contributed by atoms with Crippen LogP contribution in [0.3, 0.4) is 0 Å². The van der Waals surface area contributed by atoms with Gasteiger partial charge < -0.3 is 19.8 Å². The molecule has 1 aromatic carbocycles. The number of hydrogen-bond donors (Lipinski definition) is 1. The second-order valence-corrected chi connectivity index (χ2v) is 6.76. The maximum absolute atomic E-state index is 6.08. The second-order valence-electron chi connectivity index (χ2n) is 6.76. The van der Waals surface area contributed by atoms with Gasteiger partial charge in [-0.25, -0.2) is 0 Å². The summed E-state index contributed by atoms with van der Waals surface area (Å²) in [6.07, 6.45) is 2.00. The highest BCUT2D eigenvalue weighted by Gasteiger charge is 2.52. The Hall–Kier alpha value is -1.30. The minimum absolute atomic E-state index is 0.369. The Bertz CT molecular complexity index is 565. The molecule has 2 rings (SSSR count). The zero-order valence-electron chi connectivity index (χ0n) is 14.4. The average molecular weight is 303 g/mol. The van der Waals surface area contributed by atoms with Crippen LogP contribution >= 0.6 is 0 Å². The summed E-state index contributed by atoms with van der Waals surface area (Å²) in [5.41, 5.74) is 8.22. The van der Waals surface area contributed by atoms with Gasteiger partial charge in [-0.1, -0.05) is 18.2 Å². The zero-order valence-corrected chi connectivity index (χ0v) is 14.4. The minimum atomic E-state index is -0.430. The van der Waals surface area contributed by atoms with Crippen molar-refractivity contribution in [2.24, 2.45) is 5.73 Å². The molecule has 1 fully saturated rings. The first kappa shape index (κ1) is 17.1. The summed E-state index contributed by atoms with van der Waals surface area (Å²) in [5.74, 6) is 0.822. The van der Waals surface area contributed by atoms with Crippen molar-refractivity contribution in [3.63, 3.8) is 0 Å². The fraction of sp³-hybridized carbons (Fsp3) is 0.529. The molecule has 2 N–H and O–H groups in total. The number of benzene rings is 1. The van der Waals surface area contributed by atoms with E-state index in [9.17, 15) is 0 Å². The fourth-order valence-electron chi connectivity index (χ4n) is 2.35. The molecule has 0 bridgehead atoms. The summed E-state index contributed by atoms with van der Waals surface area (Å²) < 4.78 is 17.6. The molecule has 0 spiro atoms. The molecule has 1 saturated heterocycles. The Morgan fingerprint density at radius 2 is 1.82 bits per heavy atom. The third kappa shape index (κ3) is 3.22. The van der Waals surface area contributed by atoms with Crippen molar-refractivity contribution in [2.45, 2.75) is 45.8 Å². The topological polar surface area (TPSA) is 53.7 Å². The first-order valence-corrected chi connectivity index (χ1v) is 7.61. The Kier molecular flexibility index (Phi) is 4.71. The van der Waals surface area contributed by atoms with E-state index in [1.165, 1.54) is 0 Å². The molecular weight excluding hydrogens is 277 g/mol. The summed E-state index contributed by atoms with van der Waals surface area (Å²) in [6, 6.07) is 6.08. The molecule has 0 aliphatic carbocycles. The smallest absolute Gasteiger partial charge is 0.491 e. The van der Waals surface area contributed by atoms with Gasteiger partial charge in [-0.15, -0.1) is 0 Å². The van der Waals surface area contributed by atoms with Gasteiger partial charge in [-0.05, 0) is 51.7 Å². The maximum Gasteiger partial charge on any atom is 0.491 e. The van der Waals surface area contributed by atoms with Gasteiger partial charge in [-0.2, -0.15) is 0 Å². The largest absolute Gasteiger partial charge is 0.496 e. The fourth-order valence-corrected chi connectivity index (χ4v) is 2.35. The highest BCUT2D eigenvalue weighted by Crippen LogP contribution is 2.39. The molecule has 5 heteroatoms. The van der Waals surface area contributed by atoms with E-state index in [1.54, 1.807) is 7.11 Å². The predicted molar refractivity (Wildman–Crippen MR) is 90.8 cm³/mol. The van der Waals surface area contributed by atoms with Gasteiger partial charge in [-0.3, -0.25) is 0 Å². The first-order valence-electron chi connectivity index (χ1n) is 7.61. The van der Waals surface area contributed by atoms with Crippen LogP contribution in [0.15, 0.2) is 23.7 Å². The molecule has 0 atom stereocenters. The second kappa shape index (κ2) is 6.07. The summed E-state index contributed by atoms with van der Waals surface area (Å²) >= 11 is 0. The minimum Gasteiger partial charge on any atom is -0.496 e. The zero-order chi connectivity index (χ0) is 16.5. The van der Waals surface area contributed by atoms with Gasteiger partial charge in [0.05, 0.1) is 18.3 Å². The molecule has 0 radical (unpaired) electrons. The standard InChI is InChI=1S/C17H26BNO3/c1-12-7-8-13(15(9-12)20-6)10-14(11-19)18-21-16(2,3)17(4,5)22-18/h7-10H,11,19H2,1-6H3. The van der Waals surface area contributed by atoms with Crippen molar-refractivity contribution in [3.05, 3.63) is 34.8 Å². The van der Waals surface area contributed by atoms with Gasteiger partial charge >= 0.3 is 7.12 Å². The summed E-state index contributed by atoms with van der Waals surface area (Å²) in [4.78, 5) is 0. The van der Waals surface area contributed by atoms with Gasteiger partial charge in [0, 0.05) is 12.1 Å². The quantitative estimate of drug-likeness (QED) is 0.869. The van der Waals surface area contributed by atoms with Crippen molar-refractivity contribution in [3.8, 4) is 5.75 Å². The number of ether oxygens (including phenoxy) is 1. The van der Waals surface area contributed by atoms with Crippen molar-refractivity contribution >= 4 is 13.2 Å². The lowest BCUT2D eigenvalue weighted by molar-refractivity contribution is 0.00578. The van der Waals surface area contributed by atoms with Crippen molar-refractivity contribution in [2.75, 3.05) is 13.7 Å². The van der Waals surface area contributed by atoms with Crippen LogP contribution < -0.4 is 10.5 Å². The lowest BCUT2D eigenvalue weighted by Crippen LogP contribution is -2.41. The van der Waals surface area contributed by atoms with Crippen LogP contribution in [0.4, 0.5) is 0 Å². The van der Waals surface area contributed by atoms with E-state index >= 15 is 0 Å². The van der Waals surface area contributed by atoms with Crippen LogP contribution in [-0.2, 0) is 9.31 Å². The van der Waals surface area contributed by atoms with Crippen LogP contribution in [0.5, 0.6) is 5.75 Å². The lowest BCUT2D eigenvalue weighted by Gasteiger charge is -2.32. The van der Waals surface area contributed by atoms with Crippen molar-refractivity contribution < 1.29 is 14.0 Å². The molecule has 1 heterocycles. The van der Waals surface area contributed by atoms with Crippen LogP contribution in [0.1, 0.15) is 38.8 Å². The highest BCUT2D eigenvalue weighted by molar-refractivity contribution is 6.55. The molecule has 120 valence electrons. The van der Waals surface area contributed by atoms with Crippen LogP contribution in [0.2, 0.25) is 0 Å². The Morgan fingerprint density at radius 1 is 1.23 bits per heavy atom. The third-order valence-corrected chi connectivity index (χ3v) is 4.52. The van der Waals surface area contributed by atoms with Gasteiger partial charge in [0.25, 0.3) is 0 Å². The molecule has 22 heavy (non-hydrogen) atoms. The van der Waals surface area contributed by atoms with Crippen molar-refractivity contribution in [1.82, 2.24) is 0 Å². The molecule has 4 nitrogen and oxygen atoms in total. The van der Waals surface area contributed by atoms with Crippen LogP contribution in [0.25, 0.3) is 6.08 Å². The Labute approximate surface area is 133 Å². The van der Waals surface area contributed by atoms with E-state index in [-0.39, 0.29) is 11.2 Å². The van der Waals surface area contributed by atoms with Gasteiger partial charge in [0.1, 0.15) is 5.75 Å². The molecular formula is C17H26BNO3. The predicted octanol–water partition coefficient (Wildman–Crippen LogP) is 2.98. The van der Waals surface area contributed by atoms with Crippen LogP contribution in [-0.4, -0.2) is 32.0 Å². The third-order valence-electron chi connectivity index (χ3n) is 4.52. The lowest BCUT2D eigenvalue weighted by atomic mass is 9.77. The van der Waals surface area contributed by atoms with Crippen molar-refractivity contribution in [1.29, 1.82) is 0 Å².